The van der Waals surface area contributed by atoms with Crippen LogP contribution < -0.4 is 9.78 Å². The quantitative estimate of drug-likeness (QED) is 0.523. The number of fused-ring (bicyclic) bond motifs is 1. The van der Waals surface area contributed by atoms with Crippen molar-refractivity contribution in [1.29, 1.82) is 0 Å². The number of amides is 1. The standard InChI is InChI=1S/C23H17NO2Se/c1-16(27-18-12-6-3-7-13-18)23(17-10-4-2-5-11-17)19-14-8-9-15-20(19)24-22(26)21(23)25/h2-15H,1H2,(H,24,26). The van der Waals surface area contributed by atoms with E-state index in [4.69, 9.17) is 0 Å². The van der Waals surface area contributed by atoms with Crippen molar-refractivity contribution in [3.63, 3.8) is 0 Å². The number of carbonyl (C=O) groups is 2. The van der Waals surface area contributed by atoms with Crippen molar-refractivity contribution in [3.8, 4) is 0 Å². The Balaban J connectivity index is 1.96. The number of benzene rings is 3. The van der Waals surface area contributed by atoms with E-state index in [0.29, 0.717) is 5.69 Å². The molecule has 0 saturated carbocycles. The van der Waals surface area contributed by atoms with Gasteiger partial charge in [0.1, 0.15) is 0 Å². The summed E-state index contributed by atoms with van der Waals surface area (Å²) < 4.78 is 1.86. The van der Waals surface area contributed by atoms with Crippen molar-refractivity contribution in [2.75, 3.05) is 5.32 Å². The van der Waals surface area contributed by atoms with Gasteiger partial charge in [-0.1, -0.05) is 0 Å². The Morgan fingerprint density at radius 2 is 1.41 bits per heavy atom. The summed E-state index contributed by atoms with van der Waals surface area (Å²) in [7, 11) is 0. The molecule has 0 bridgehead atoms. The maximum absolute atomic E-state index is 13.4. The molecule has 3 aromatic rings. The molecule has 27 heavy (non-hydrogen) atoms. The summed E-state index contributed by atoms with van der Waals surface area (Å²) >= 11 is -0.183. The SMILES string of the molecule is C=C([Se]c1ccccc1)C1(c2ccccc2)C(=O)C(=O)Nc2ccccc21. The summed E-state index contributed by atoms with van der Waals surface area (Å²) in [5.74, 6) is -1.07. The maximum atomic E-state index is 13.4. The average Bonchev–Trinajstić information content (AvgIpc) is 2.70. The zero-order valence-corrected chi connectivity index (χ0v) is 16.2. The van der Waals surface area contributed by atoms with Gasteiger partial charge in [-0.2, -0.15) is 0 Å². The van der Waals surface area contributed by atoms with Crippen LogP contribution in [0.1, 0.15) is 11.1 Å². The van der Waals surface area contributed by atoms with Crippen molar-refractivity contribution in [2.45, 2.75) is 5.41 Å². The first-order valence-corrected chi connectivity index (χ1v) is 10.3. The monoisotopic (exact) mass is 419 g/mol. The van der Waals surface area contributed by atoms with Gasteiger partial charge in [0.05, 0.1) is 0 Å². The molecule has 0 aromatic heterocycles. The van der Waals surface area contributed by atoms with E-state index in [2.05, 4.69) is 11.9 Å². The molecule has 1 aliphatic rings. The molecule has 1 aliphatic heterocycles. The van der Waals surface area contributed by atoms with E-state index < -0.39 is 17.1 Å². The van der Waals surface area contributed by atoms with Crippen LogP contribution in [0.3, 0.4) is 0 Å². The molecule has 1 amide bonds. The number of allylic oxidation sites excluding steroid dienone is 1. The zero-order chi connectivity index (χ0) is 18.9. The van der Waals surface area contributed by atoms with Gasteiger partial charge in [0.25, 0.3) is 0 Å². The number of nitrogens with one attached hydrogen (secondary N) is 1. The normalized spacial score (nSPS) is 18.5. The van der Waals surface area contributed by atoms with Gasteiger partial charge in [-0.15, -0.1) is 0 Å². The first-order chi connectivity index (χ1) is 13.1. The molecule has 3 aromatic carbocycles. The van der Waals surface area contributed by atoms with Crippen LogP contribution in [0.5, 0.6) is 0 Å². The Kier molecular flexibility index (Phi) is 4.52. The van der Waals surface area contributed by atoms with Gasteiger partial charge in [0, 0.05) is 0 Å². The van der Waals surface area contributed by atoms with E-state index in [9.17, 15) is 9.59 Å². The second kappa shape index (κ2) is 6.99. The molecule has 4 heteroatoms. The third kappa shape index (κ3) is 2.84. The zero-order valence-electron chi connectivity index (χ0n) is 14.5. The molecule has 4 rings (SSSR count). The Morgan fingerprint density at radius 3 is 2.11 bits per heavy atom. The van der Waals surface area contributed by atoms with Crippen LogP contribution in [0, 0.1) is 0 Å². The van der Waals surface area contributed by atoms with Gasteiger partial charge in [0.2, 0.25) is 0 Å². The summed E-state index contributed by atoms with van der Waals surface area (Å²) in [6, 6.07) is 27.0. The summed E-state index contributed by atoms with van der Waals surface area (Å²) in [4.78, 5) is 26.0. The fourth-order valence-electron chi connectivity index (χ4n) is 3.51. The first kappa shape index (κ1) is 17.5. The average molecular weight is 418 g/mol. The minimum absolute atomic E-state index is 0.183. The minimum atomic E-state index is -1.17. The molecule has 0 fully saturated rings. The van der Waals surface area contributed by atoms with Gasteiger partial charge in [-0.25, -0.2) is 0 Å². The van der Waals surface area contributed by atoms with E-state index in [-0.39, 0.29) is 15.0 Å². The summed E-state index contributed by atoms with van der Waals surface area (Å²) in [6.07, 6.45) is 0. The molecule has 0 spiro atoms. The van der Waals surface area contributed by atoms with Crippen LogP contribution in [0.25, 0.3) is 0 Å². The number of anilines is 1. The van der Waals surface area contributed by atoms with Gasteiger partial charge in [-0.3, -0.25) is 0 Å². The van der Waals surface area contributed by atoms with Crippen LogP contribution in [0.15, 0.2) is 96.0 Å². The molecule has 1 heterocycles. The molecular weight excluding hydrogens is 401 g/mol. The Morgan fingerprint density at radius 1 is 0.815 bits per heavy atom. The number of rotatable bonds is 4. The third-order valence-electron chi connectivity index (χ3n) is 4.74. The fraction of sp³-hybridized carbons (Fsp3) is 0.0435. The second-order valence-corrected chi connectivity index (χ2v) is 8.73. The second-order valence-electron chi connectivity index (χ2n) is 6.28. The summed E-state index contributed by atoms with van der Waals surface area (Å²) in [5.41, 5.74) is 1.05. The van der Waals surface area contributed by atoms with E-state index in [0.717, 1.165) is 20.1 Å². The summed E-state index contributed by atoms with van der Waals surface area (Å²) in [6.45, 7) is 4.33. The predicted molar refractivity (Wildman–Crippen MR) is 108 cm³/mol. The molecule has 132 valence electrons. The van der Waals surface area contributed by atoms with Crippen molar-refractivity contribution >= 4 is 36.8 Å². The van der Waals surface area contributed by atoms with Crippen LogP contribution >= 0.6 is 0 Å². The number of hydrogen-bond donors (Lipinski definition) is 1. The van der Waals surface area contributed by atoms with Crippen LogP contribution in [0.4, 0.5) is 5.69 Å². The third-order valence-corrected chi connectivity index (χ3v) is 6.96. The molecule has 1 unspecified atom stereocenters. The Hall–Kier alpha value is -2.94. The van der Waals surface area contributed by atoms with Gasteiger partial charge >= 0.3 is 164 Å². The van der Waals surface area contributed by atoms with Gasteiger partial charge < -0.3 is 0 Å². The number of Topliss-reactive ketones (excluding diaryl/α,β-unsaturated/α-hetero) is 1. The van der Waals surface area contributed by atoms with Crippen molar-refractivity contribution < 1.29 is 9.59 Å². The van der Waals surface area contributed by atoms with Crippen molar-refractivity contribution in [3.05, 3.63) is 107 Å². The fourth-order valence-corrected chi connectivity index (χ4v) is 5.72. The number of carbonyl (C=O) groups excluding carboxylic acids is 2. The number of ketones is 1. The summed E-state index contributed by atoms with van der Waals surface area (Å²) in [5, 5.41) is 2.73. The Bertz CT molecular complexity index is 1030. The van der Waals surface area contributed by atoms with Crippen LogP contribution in [0.2, 0.25) is 0 Å². The van der Waals surface area contributed by atoms with Crippen molar-refractivity contribution in [1.82, 2.24) is 0 Å². The predicted octanol–water partition coefficient (Wildman–Crippen LogP) is 3.04. The Labute approximate surface area is 164 Å². The number of para-hydroxylation sites is 1. The molecule has 0 radical (unpaired) electrons. The molecule has 3 nitrogen and oxygen atoms in total. The van der Waals surface area contributed by atoms with Crippen LogP contribution in [-0.2, 0) is 15.0 Å². The molecule has 1 N–H and O–H groups in total. The van der Waals surface area contributed by atoms with Gasteiger partial charge in [-0.05, 0) is 0 Å². The molecule has 0 aliphatic carbocycles. The van der Waals surface area contributed by atoms with Crippen molar-refractivity contribution in [2.24, 2.45) is 0 Å². The van der Waals surface area contributed by atoms with Crippen LogP contribution in [-0.4, -0.2) is 26.6 Å². The topological polar surface area (TPSA) is 46.2 Å². The van der Waals surface area contributed by atoms with E-state index >= 15 is 0 Å². The van der Waals surface area contributed by atoms with E-state index in [1.165, 1.54) is 0 Å². The molecule has 1 atom stereocenters. The molecule has 0 saturated heterocycles. The number of hydrogen-bond acceptors (Lipinski definition) is 2. The first-order valence-electron chi connectivity index (χ1n) is 8.57. The van der Waals surface area contributed by atoms with Gasteiger partial charge in [0.15, 0.2) is 0 Å². The van der Waals surface area contributed by atoms with E-state index in [1.807, 2.05) is 84.9 Å². The molecular formula is C23H17NO2Se. The van der Waals surface area contributed by atoms with E-state index in [1.54, 1.807) is 0 Å².